The van der Waals surface area contributed by atoms with Crippen LogP contribution in [0, 0.1) is 45.8 Å². The largest absolute Gasteiger partial charge is 0.390 e. The average molecular weight is 443 g/mol. The molecular weight excluding hydrogens is 396 g/mol. The predicted octanol–water partition coefficient (Wildman–Crippen LogP) is 6.34. The van der Waals surface area contributed by atoms with Crippen molar-refractivity contribution in [1.29, 1.82) is 0 Å². The highest BCUT2D eigenvalue weighted by atomic mass is 16.6. The zero-order valence-corrected chi connectivity index (χ0v) is 21.5. The minimum absolute atomic E-state index is 0.0148. The van der Waals surface area contributed by atoms with Crippen molar-refractivity contribution in [3.8, 4) is 0 Å². The molecule has 3 saturated carbocycles. The van der Waals surface area contributed by atoms with Gasteiger partial charge in [-0.05, 0) is 99.2 Å². The van der Waals surface area contributed by atoms with Crippen molar-refractivity contribution in [2.75, 3.05) is 0 Å². The van der Waals surface area contributed by atoms with Crippen molar-refractivity contribution < 1.29 is 14.6 Å². The molecule has 3 heteroatoms. The van der Waals surface area contributed by atoms with E-state index in [1.54, 1.807) is 5.57 Å². The van der Waals surface area contributed by atoms with Crippen molar-refractivity contribution in [2.45, 2.75) is 118 Å². The predicted molar refractivity (Wildman–Crippen MR) is 128 cm³/mol. The number of ketones is 1. The SMILES string of the molecule is CC(CC(O)C1OC1(C)C)C1CCC2C3=CCC4C(C)(C)C(=O)CCC4(C)C3CCC21C. The second-order valence-electron chi connectivity index (χ2n) is 13.9. The summed E-state index contributed by atoms with van der Waals surface area (Å²) in [5, 5.41) is 10.8. The Balaban J connectivity index is 1.36. The standard InChI is InChI=1S/C29H46O3/c1-17(16-22(30)25-27(4,5)32-25)19-9-10-20-18-8-11-23-26(2,3)24(31)13-15-29(23,7)21(18)12-14-28(19,20)6/h8,17,19-23,25,30H,9-16H2,1-7H3. The first-order valence-corrected chi connectivity index (χ1v) is 13.4. The lowest BCUT2D eigenvalue weighted by molar-refractivity contribution is -0.144. The molecule has 1 heterocycles. The number of carbonyl (C=O) groups excluding carboxylic acids is 1. The molecule has 0 radical (unpaired) electrons. The van der Waals surface area contributed by atoms with Crippen LogP contribution in [0.2, 0.25) is 0 Å². The van der Waals surface area contributed by atoms with Crippen LogP contribution < -0.4 is 0 Å². The maximum absolute atomic E-state index is 12.8. The fourth-order valence-corrected chi connectivity index (χ4v) is 9.60. The molecule has 5 aliphatic rings. The Bertz CT molecular complexity index is 824. The summed E-state index contributed by atoms with van der Waals surface area (Å²) in [6.45, 7) is 16.1. The molecule has 180 valence electrons. The summed E-state index contributed by atoms with van der Waals surface area (Å²) >= 11 is 0. The van der Waals surface area contributed by atoms with E-state index in [9.17, 15) is 9.90 Å². The van der Waals surface area contributed by atoms with E-state index < -0.39 is 0 Å². The molecule has 0 bridgehead atoms. The smallest absolute Gasteiger partial charge is 0.138 e. The summed E-state index contributed by atoms with van der Waals surface area (Å²) in [7, 11) is 0. The Hall–Kier alpha value is -0.670. The number of aliphatic hydroxyl groups is 1. The minimum Gasteiger partial charge on any atom is -0.390 e. The fourth-order valence-electron chi connectivity index (χ4n) is 9.60. The zero-order chi connectivity index (χ0) is 23.3. The topological polar surface area (TPSA) is 49.8 Å². The normalized spacial score (nSPS) is 48.2. The van der Waals surface area contributed by atoms with Crippen LogP contribution >= 0.6 is 0 Å². The van der Waals surface area contributed by atoms with Gasteiger partial charge in [0.1, 0.15) is 11.9 Å². The maximum atomic E-state index is 12.8. The van der Waals surface area contributed by atoms with Crippen molar-refractivity contribution in [1.82, 2.24) is 0 Å². The summed E-state index contributed by atoms with van der Waals surface area (Å²) in [5.41, 5.74) is 2.05. The van der Waals surface area contributed by atoms with Crippen molar-refractivity contribution >= 4 is 5.78 Å². The molecule has 32 heavy (non-hydrogen) atoms. The van der Waals surface area contributed by atoms with E-state index in [-0.39, 0.29) is 28.6 Å². The molecule has 1 aliphatic heterocycles. The van der Waals surface area contributed by atoms with E-state index in [0.717, 1.165) is 25.7 Å². The molecule has 0 aromatic heterocycles. The third-order valence-corrected chi connectivity index (χ3v) is 11.6. The third kappa shape index (κ3) is 3.16. The lowest BCUT2D eigenvalue weighted by Gasteiger charge is -2.60. The average Bonchev–Trinajstić information content (AvgIpc) is 3.19. The van der Waals surface area contributed by atoms with Crippen molar-refractivity contribution in [3.05, 3.63) is 11.6 Å². The maximum Gasteiger partial charge on any atom is 0.138 e. The molecule has 1 saturated heterocycles. The molecule has 4 aliphatic carbocycles. The Labute approximate surface area is 195 Å². The zero-order valence-electron chi connectivity index (χ0n) is 21.5. The highest BCUT2D eigenvalue weighted by molar-refractivity contribution is 5.85. The summed E-state index contributed by atoms with van der Waals surface area (Å²) < 4.78 is 5.73. The van der Waals surface area contributed by atoms with Crippen LogP contribution in [-0.4, -0.2) is 28.7 Å². The monoisotopic (exact) mass is 442 g/mol. The van der Waals surface area contributed by atoms with Crippen LogP contribution in [0.25, 0.3) is 0 Å². The van der Waals surface area contributed by atoms with Crippen molar-refractivity contribution in [3.63, 3.8) is 0 Å². The second kappa shape index (κ2) is 7.17. The molecule has 4 fully saturated rings. The van der Waals surface area contributed by atoms with Crippen LogP contribution in [0.5, 0.6) is 0 Å². The highest BCUT2D eigenvalue weighted by Gasteiger charge is 2.61. The van der Waals surface area contributed by atoms with Crippen LogP contribution in [-0.2, 0) is 9.53 Å². The number of allylic oxidation sites excluding steroid dienone is 2. The van der Waals surface area contributed by atoms with E-state index in [1.807, 2.05) is 0 Å². The van der Waals surface area contributed by atoms with Gasteiger partial charge in [0.2, 0.25) is 0 Å². The molecule has 3 nitrogen and oxygen atoms in total. The van der Waals surface area contributed by atoms with Crippen LogP contribution in [0.4, 0.5) is 0 Å². The molecule has 1 N–H and O–H groups in total. The number of ether oxygens (including phenoxy) is 1. The third-order valence-electron chi connectivity index (χ3n) is 11.6. The van der Waals surface area contributed by atoms with Crippen molar-refractivity contribution in [2.24, 2.45) is 45.8 Å². The first-order chi connectivity index (χ1) is 14.8. The van der Waals surface area contributed by atoms with Gasteiger partial charge in [0.25, 0.3) is 0 Å². The number of Topliss-reactive ketones (excluding diaryl/α,β-unsaturated/α-hetero) is 1. The Morgan fingerprint density at radius 2 is 1.69 bits per heavy atom. The van der Waals surface area contributed by atoms with Gasteiger partial charge < -0.3 is 9.84 Å². The van der Waals surface area contributed by atoms with Gasteiger partial charge in [-0.1, -0.05) is 46.3 Å². The van der Waals surface area contributed by atoms with Gasteiger partial charge in [0.05, 0.1) is 11.7 Å². The number of epoxide rings is 1. The number of aliphatic hydroxyl groups excluding tert-OH is 1. The molecule has 0 aromatic carbocycles. The lowest BCUT2D eigenvalue weighted by Crippen LogP contribution is -2.55. The molecule has 9 unspecified atom stereocenters. The number of hydrogen-bond donors (Lipinski definition) is 1. The molecule has 0 amide bonds. The number of fused-ring (bicyclic) bond motifs is 5. The van der Waals surface area contributed by atoms with Gasteiger partial charge >= 0.3 is 0 Å². The fraction of sp³-hybridized carbons (Fsp3) is 0.897. The molecule has 0 spiro atoms. The molecule has 0 aromatic rings. The highest BCUT2D eigenvalue weighted by Crippen LogP contribution is 2.68. The van der Waals surface area contributed by atoms with Crippen LogP contribution in [0.3, 0.4) is 0 Å². The van der Waals surface area contributed by atoms with Gasteiger partial charge in [-0.3, -0.25) is 4.79 Å². The minimum atomic E-state index is -0.338. The number of rotatable bonds is 4. The van der Waals surface area contributed by atoms with E-state index in [4.69, 9.17) is 4.74 Å². The summed E-state index contributed by atoms with van der Waals surface area (Å²) in [5.74, 6) is 3.53. The quantitative estimate of drug-likeness (QED) is 0.408. The first-order valence-electron chi connectivity index (χ1n) is 13.4. The van der Waals surface area contributed by atoms with Gasteiger partial charge in [-0.15, -0.1) is 0 Å². The van der Waals surface area contributed by atoms with E-state index in [0.29, 0.717) is 40.8 Å². The Morgan fingerprint density at radius 3 is 2.34 bits per heavy atom. The van der Waals surface area contributed by atoms with Gasteiger partial charge in [-0.2, -0.15) is 0 Å². The summed E-state index contributed by atoms with van der Waals surface area (Å²) in [4.78, 5) is 12.8. The van der Waals surface area contributed by atoms with E-state index >= 15 is 0 Å². The van der Waals surface area contributed by atoms with Crippen LogP contribution in [0.1, 0.15) is 99.8 Å². The lowest BCUT2D eigenvalue weighted by atomic mass is 9.44. The van der Waals surface area contributed by atoms with Gasteiger partial charge in [0, 0.05) is 11.8 Å². The van der Waals surface area contributed by atoms with E-state index in [1.165, 1.54) is 25.7 Å². The summed E-state index contributed by atoms with van der Waals surface area (Å²) in [6, 6.07) is 0. The molecular formula is C29H46O3. The van der Waals surface area contributed by atoms with Gasteiger partial charge in [-0.25, -0.2) is 0 Å². The van der Waals surface area contributed by atoms with E-state index in [2.05, 4.69) is 54.5 Å². The van der Waals surface area contributed by atoms with Crippen LogP contribution in [0.15, 0.2) is 11.6 Å². The number of carbonyl (C=O) groups is 1. The Morgan fingerprint density at radius 1 is 1.03 bits per heavy atom. The van der Waals surface area contributed by atoms with Gasteiger partial charge in [0.15, 0.2) is 0 Å². The first kappa shape index (κ1) is 23.1. The second-order valence-corrected chi connectivity index (χ2v) is 13.9. The molecule has 9 atom stereocenters. The summed E-state index contributed by atoms with van der Waals surface area (Å²) in [6.07, 6.45) is 11.2. The molecule has 5 rings (SSSR count). The number of hydrogen-bond acceptors (Lipinski definition) is 3. The Kier molecular flexibility index (Phi) is 5.17.